The molecule has 3 fully saturated rings. The lowest BCUT2D eigenvalue weighted by Crippen LogP contribution is -2.17. The third-order valence-electron chi connectivity index (χ3n) is 25.7. The molecular formula is C102H108N8O2. The Kier molecular flexibility index (Phi) is 18.3. The van der Waals surface area contributed by atoms with Crippen molar-refractivity contribution in [3.05, 3.63) is 271 Å². The average Bonchev–Trinajstić information content (AvgIpc) is 1.54. The summed E-state index contributed by atoms with van der Waals surface area (Å²) >= 11 is 0. The molecule has 10 heterocycles. The van der Waals surface area contributed by atoms with Gasteiger partial charge in [-0.1, -0.05) is 236 Å². The van der Waals surface area contributed by atoms with Crippen LogP contribution in [0.15, 0.2) is 176 Å². The number of fused-ring (bicyclic) bond motifs is 31. The van der Waals surface area contributed by atoms with E-state index in [0.717, 1.165) is 89.2 Å². The van der Waals surface area contributed by atoms with E-state index in [1.54, 1.807) is 16.7 Å². The predicted octanol–water partition coefficient (Wildman–Crippen LogP) is 25.9. The van der Waals surface area contributed by atoms with Gasteiger partial charge >= 0.3 is 0 Å². The summed E-state index contributed by atoms with van der Waals surface area (Å²) in [5.41, 5.74) is 35.8. The van der Waals surface area contributed by atoms with Gasteiger partial charge < -0.3 is 9.47 Å². The highest BCUT2D eigenvalue weighted by Gasteiger charge is 2.54. The molecule has 8 unspecified atom stereocenters. The summed E-state index contributed by atoms with van der Waals surface area (Å²) in [6.45, 7) is 38.1. The molecule has 568 valence electrons. The lowest BCUT2D eigenvalue weighted by Gasteiger charge is -2.24. The molecular weight excluding hydrogens is 1370 g/mol. The van der Waals surface area contributed by atoms with Crippen molar-refractivity contribution in [2.24, 2.45) is 17.3 Å². The summed E-state index contributed by atoms with van der Waals surface area (Å²) in [7, 11) is 0. The van der Waals surface area contributed by atoms with Crippen molar-refractivity contribution in [1.29, 1.82) is 0 Å². The second kappa shape index (κ2) is 27.8. The summed E-state index contributed by atoms with van der Waals surface area (Å²) in [4.78, 5) is 39.4. The minimum Gasteiger partial charge on any atom is -0.365 e. The fourth-order valence-electron chi connectivity index (χ4n) is 20.7. The summed E-state index contributed by atoms with van der Waals surface area (Å²) in [6.07, 6.45) is 16.7. The summed E-state index contributed by atoms with van der Waals surface area (Å²) in [5.74, 6) is 5.25. The maximum atomic E-state index is 6.28. The van der Waals surface area contributed by atoms with Crippen LogP contribution in [-0.4, -0.2) is 39.9 Å². The molecule has 2 saturated heterocycles. The fraction of sp³-hybridized carbons (Fsp3) is 0.392. The molecule has 0 spiro atoms. The molecule has 112 heavy (non-hydrogen) atoms. The van der Waals surface area contributed by atoms with Crippen LogP contribution >= 0.6 is 0 Å². The molecule has 8 atom stereocenters. The Morgan fingerprint density at radius 3 is 1.55 bits per heavy atom. The van der Waals surface area contributed by atoms with Crippen molar-refractivity contribution in [1.82, 2.24) is 39.9 Å². The van der Waals surface area contributed by atoms with E-state index >= 15 is 0 Å². The molecule has 8 aliphatic rings. The highest BCUT2D eigenvalue weighted by atomic mass is 16.5. The Balaban J connectivity index is 0.000000105. The third kappa shape index (κ3) is 12.8. The molecule has 0 N–H and O–H groups in total. The number of hydrogen-bond donors (Lipinski definition) is 0. The predicted molar refractivity (Wildman–Crippen MR) is 457 cm³/mol. The van der Waals surface area contributed by atoms with E-state index in [1.807, 2.05) is 18.6 Å². The van der Waals surface area contributed by atoms with Crippen molar-refractivity contribution >= 4 is 43.7 Å². The van der Waals surface area contributed by atoms with Crippen molar-refractivity contribution in [3.8, 4) is 45.0 Å². The van der Waals surface area contributed by atoms with Crippen molar-refractivity contribution in [3.63, 3.8) is 0 Å². The smallest absolute Gasteiger partial charge is 0.134 e. The lowest BCUT2D eigenvalue weighted by atomic mass is 9.79. The van der Waals surface area contributed by atoms with Crippen LogP contribution in [-0.2, 0) is 38.6 Å². The Morgan fingerprint density at radius 2 is 0.911 bits per heavy atom. The third-order valence-corrected chi connectivity index (χ3v) is 25.7. The Morgan fingerprint density at radius 1 is 0.393 bits per heavy atom. The zero-order chi connectivity index (χ0) is 77.8. The van der Waals surface area contributed by atoms with E-state index in [1.165, 1.54) is 136 Å². The molecule has 10 nitrogen and oxygen atoms in total. The molecule has 21 rings (SSSR count). The van der Waals surface area contributed by atoms with Crippen molar-refractivity contribution in [2.45, 2.75) is 240 Å². The van der Waals surface area contributed by atoms with Gasteiger partial charge in [0.15, 0.2) is 0 Å². The Hall–Kier alpha value is -9.74. The molecule has 0 radical (unpaired) electrons. The molecule has 13 aromatic rings. The van der Waals surface area contributed by atoms with Crippen molar-refractivity contribution in [2.75, 3.05) is 0 Å². The zero-order valence-electron chi connectivity index (χ0n) is 68.8. The Labute approximate surface area is 662 Å². The topological polar surface area (TPSA) is 122 Å². The van der Waals surface area contributed by atoms with Gasteiger partial charge in [0, 0.05) is 90.2 Å². The second-order valence-corrected chi connectivity index (χ2v) is 38.2. The molecule has 1 saturated carbocycles. The maximum absolute atomic E-state index is 6.28. The molecule has 6 aromatic heterocycles. The first-order valence-corrected chi connectivity index (χ1v) is 41.7. The van der Waals surface area contributed by atoms with Gasteiger partial charge in [0.05, 0.1) is 75.5 Å². The molecule has 0 amide bonds. The summed E-state index contributed by atoms with van der Waals surface area (Å²) in [6, 6.07) is 58.0. The second-order valence-electron chi connectivity index (χ2n) is 38.2. The van der Waals surface area contributed by atoms with Crippen LogP contribution < -0.4 is 0 Å². The summed E-state index contributed by atoms with van der Waals surface area (Å²) < 4.78 is 12.5. The minimum atomic E-state index is -0.116. The number of benzene rings is 7. The maximum Gasteiger partial charge on any atom is 0.134 e. The normalized spacial score (nSPS) is 20.9. The van der Waals surface area contributed by atoms with Gasteiger partial charge in [-0.15, -0.1) is 0 Å². The first-order valence-electron chi connectivity index (χ1n) is 41.7. The molecule has 8 bridgehead atoms. The zero-order valence-corrected chi connectivity index (χ0v) is 68.8. The number of aryl methyl sites for hydroxylation is 2. The fourth-order valence-corrected chi connectivity index (χ4v) is 20.7. The lowest BCUT2D eigenvalue weighted by molar-refractivity contribution is 0.0720. The number of aromatic nitrogens is 8. The SMILES string of the molecule is CC(C)(C)c1ccc(-c2nc3ccccc3c3c2C2CCC3O2)cc1.CC(C)(C)c1ncc(-c2nc3cnc(C(C)(C)C)nc3c3c2C2CCC3O2)cn1.CC(C)Cc1cccc2nc(-c3ccccc3)c3c(c12)C1CCC3C1(C)C.Cc1cc(C)cc(-c2nc3ccc(CC(C)C)cc3c3c2C2CC3c3ccccc32)c1. The first kappa shape index (κ1) is 73.7. The van der Waals surface area contributed by atoms with Gasteiger partial charge in [-0.2, -0.15) is 0 Å². The van der Waals surface area contributed by atoms with Gasteiger partial charge in [0.25, 0.3) is 0 Å². The number of rotatable bonds is 8. The van der Waals surface area contributed by atoms with Crippen LogP contribution in [0.3, 0.4) is 0 Å². The molecule has 4 aliphatic heterocycles. The van der Waals surface area contributed by atoms with E-state index in [2.05, 4.69) is 290 Å². The van der Waals surface area contributed by atoms with E-state index in [9.17, 15) is 0 Å². The van der Waals surface area contributed by atoms with E-state index in [0.29, 0.717) is 40.9 Å². The van der Waals surface area contributed by atoms with E-state index < -0.39 is 0 Å². The number of para-hydroxylation sites is 1. The van der Waals surface area contributed by atoms with Gasteiger partial charge in [-0.25, -0.2) is 39.9 Å². The van der Waals surface area contributed by atoms with Crippen LogP contribution in [0.4, 0.5) is 0 Å². The standard InChI is InChI=1S/C30H29N.C26H29N.C23H27N5O.C23H23NO/c1-17(2)11-20-9-10-27-26(15-20)28-24-16-25(23-8-6-5-7-22(23)24)29(28)30(31-27)21-13-18(3)12-19(4)14-21;1-16(2)15-18-11-8-12-21-22(18)23-19-13-14-20(26(19,3)4)24(23)25(27-21)17-9-6-5-7-10-17;1-22(2,3)20-24-9-12(10-25-20)18-16-14-7-8-15(29-14)17(16)19-13(27-18)11-26-21(28-19)23(4,5)6;1-23(2,3)15-10-8-14(9-11-15)22-21-19-13-12-18(25-19)20(21)16-6-4-5-7-17(16)24-22/h5-10,12-15,17,24-25H,11,16H2,1-4H3;5-12,16,19-20H,13-15H2,1-4H3;9-11,14-15H,7-8H2,1-6H3;4-11,18-19H,12-13H2,1-3H3. The van der Waals surface area contributed by atoms with E-state index in [4.69, 9.17) is 34.4 Å². The van der Waals surface area contributed by atoms with Crippen molar-refractivity contribution < 1.29 is 9.47 Å². The minimum absolute atomic E-state index is 0.0808. The Bertz CT molecular complexity index is 5860. The van der Waals surface area contributed by atoms with Crippen LogP contribution in [0.2, 0.25) is 0 Å². The average molecular weight is 1480 g/mol. The van der Waals surface area contributed by atoms with Gasteiger partial charge in [-0.3, -0.25) is 0 Å². The van der Waals surface area contributed by atoms with Crippen LogP contribution in [0.25, 0.3) is 88.8 Å². The highest BCUT2D eigenvalue weighted by molar-refractivity contribution is 5.95. The monoisotopic (exact) mass is 1480 g/mol. The molecule has 7 aromatic carbocycles. The number of nitrogens with zero attached hydrogens (tertiary/aromatic N) is 8. The van der Waals surface area contributed by atoms with Gasteiger partial charge in [0.1, 0.15) is 17.2 Å². The van der Waals surface area contributed by atoms with Crippen LogP contribution in [0.1, 0.15) is 292 Å². The number of ether oxygens (including phenoxy) is 2. The number of pyridine rings is 4. The highest BCUT2D eigenvalue weighted by Crippen LogP contribution is 2.68. The molecule has 10 heteroatoms. The summed E-state index contributed by atoms with van der Waals surface area (Å²) in [5, 5.41) is 4.11. The molecule has 4 aliphatic carbocycles. The largest absolute Gasteiger partial charge is 0.365 e. The van der Waals surface area contributed by atoms with Crippen LogP contribution in [0, 0.1) is 31.1 Å². The van der Waals surface area contributed by atoms with Gasteiger partial charge in [-0.05, 0) is 198 Å². The first-order chi connectivity index (χ1) is 53.6. The quantitative estimate of drug-likeness (QED) is 0.145. The number of hydrogen-bond acceptors (Lipinski definition) is 10. The van der Waals surface area contributed by atoms with E-state index in [-0.39, 0.29) is 40.7 Å². The van der Waals surface area contributed by atoms with Gasteiger partial charge in [0.2, 0.25) is 0 Å². The van der Waals surface area contributed by atoms with Crippen LogP contribution in [0.5, 0.6) is 0 Å².